The first-order valence-electron chi connectivity index (χ1n) is 7.18. The Morgan fingerprint density at radius 3 is 2.48 bits per heavy atom. The van der Waals surface area contributed by atoms with Gasteiger partial charge in [0.05, 0.1) is 11.5 Å². The number of esters is 1. The normalized spacial score (nSPS) is 23.4. The highest BCUT2D eigenvalue weighted by Crippen LogP contribution is 2.41. The number of hydrogen-bond donors (Lipinski definition) is 0. The van der Waals surface area contributed by atoms with E-state index in [2.05, 4.69) is 0 Å². The average molecular weight is 278 g/mol. The van der Waals surface area contributed by atoms with Crippen LogP contribution in [0.5, 0.6) is 0 Å². The van der Waals surface area contributed by atoms with Crippen LogP contribution in [0, 0.1) is 5.92 Å². The highest BCUT2D eigenvalue weighted by molar-refractivity contribution is 6.02. The molecule has 3 heteroatoms. The fourth-order valence-electron chi connectivity index (χ4n) is 3.38. The van der Waals surface area contributed by atoms with Gasteiger partial charge in [0.1, 0.15) is 6.10 Å². The zero-order valence-corrected chi connectivity index (χ0v) is 11.4. The lowest BCUT2D eigenvalue weighted by Crippen LogP contribution is -2.28. The number of carbonyl (C=O) groups is 2. The van der Waals surface area contributed by atoms with E-state index >= 15 is 0 Å². The standard InChI is InChI=1S/C18H14O3/c19-16-12-6-2-1-5-11(12)9-10-15(16)17-13-7-3-4-8-14(13)18(20)21-17/h1-8,15,17H,9-10H2/t15-,17+/m0/s1. The Morgan fingerprint density at radius 2 is 1.62 bits per heavy atom. The molecule has 1 heterocycles. The number of hydrogen-bond acceptors (Lipinski definition) is 3. The number of Topliss-reactive ketones (excluding diaryl/α,β-unsaturated/α-hetero) is 1. The Balaban J connectivity index is 1.74. The van der Waals surface area contributed by atoms with Gasteiger partial charge in [0.15, 0.2) is 5.78 Å². The van der Waals surface area contributed by atoms with E-state index in [1.807, 2.05) is 42.5 Å². The molecule has 0 spiro atoms. The van der Waals surface area contributed by atoms with Crippen molar-refractivity contribution in [3.63, 3.8) is 0 Å². The summed E-state index contributed by atoms with van der Waals surface area (Å²) in [5.74, 6) is -0.499. The molecule has 0 saturated heterocycles. The Labute approximate surface area is 122 Å². The van der Waals surface area contributed by atoms with E-state index in [0.717, 1.165) is 29.5 Å². The summed E-state index contributed by atoms with van der Waals surface area (Å²) >= 11 is 0. The third-order valence-electron chi connectivity index (χ3n) is 4.43. The average Bonchev–Trinajstić information content (AvgIpc) is 2.86. The van der Waals surface area contributed by atoms with Crippen molar-refractivity contribution in [2.24, 2.45) is 5.92 Å². The third-order valence-corrected chi connectivity index (χ3v) is 4.43. The van der Waals surface area contributed by atoms with Gasteiger partial charge >= 0.3 is 5.97 Å². The van der Waals surface area contributed by atoms with Gasteiger partial charge in [0.2, 0.25) is 0 Å². The summed E-state index contributed by atoms with van der Waals surface area (Å²) in [6.07, 6.45) is 1.14. The van der Waals surface area contributed by atoms with Crippen molar-refractivity contribution in [1.29, 1.82) is 0 Å². The quantitative estimate of drug-likeness (QED) is 0.751. The van der Waals surface area contributed by atoms with E-state index in [-0.39, 0.29) is 17.7 Å². The first-order chi connectivity index (χ1) is 10.3. The van der Waals surface area contributed by atoms with Crippen molar-refractivity contribution in [2.75, 3.05) is 0 Å². The Bertz CT molecular complexity index is 748. The van der Waals surface area contributed by atoms with Gasteiger partial charge in [-0.25, -0.2) is 4.79 Å². The fraction of sp³-hybridized carbons (Fsp3) is 0.222. The smallest absolute Gasteiger partial charge is 0.339 e. The number of carbonyl (C=O) groups excluding carboxylic acids is 2. The molecular weight excluding hydrogens is 264 g/mol. The second kappa shape index (κ2) is 4.55. The summed E-state index contributed by atoms with van der Waals surface area (Å²) in [7, 11) is 0. The molecule has 2 atom stereocenters. The van der Waals surface area contributed by atoms with E-state index in [1.54, 1.807) is 6.07 Å². The molecule has 3 nitrogen and oxygen atoms in total. The van der Waals surface area contributed by atoms with Crippen molar-refractivity contribution in [3.8, 4) is 0 Å². The maximum Gasteiger partial charge on any atom is 0.339 e. The fourth-order valence-corrected chi connectivity index (χ4v) is 3.38. The summed E-state index contributed by atoms with van der Waals surface area (Å²) in [6.45, 7) is 0. The van der Waals surface area contributed by atoms with Crippen LogP contribution in [0.3, 0.4) is 0 Å². The molecule has 0 radical (unpaired) electrons. The molecule has 21 heavy (non-hydrogen) atoms. The van der Waals surface area contributed by atoms with Gasteiger partial charge in [0.25, 0.3) is 0 Å². The van der Waals surface area contributed by atoms with E-state index in [1.165, 1.54) is 0 Å². The summed E-state index contributed by atoms with van der Waals surface area (Å²) in [6, 6.07) is 15.1. The number of ketones is 1. The number of benzene rings is 2. The lowest BCUT2D eigenvalue weighted by Gasteiger charge is -2.27. The predicted octanol–water partition coefficient (Wildman–Crippen LogP) is 3.34. The van der Waals surface area contributed by atoms with Crippen LogP contribution >= 0.6 is 0 Å². The molecule has 1 aliphatic heterocycles. The zero-order valence-electron chi connectivity index (χ0n) is 11.4. The van der Waals surface area contributed by atoms with Gasteiger partial charge in [0, 0.05) is 11.1 Å². The minimum Gasteiger partial charge on any atom is -0.453 e. The monoisotopic (exact) mass is 278 g/mol. The van der Waals surface area contributed by atoms with Crippen LogP contribution in [0.4, 0.5) is 0 Å². The van der Waals surface area contributed by atoms with Crippen molar-refractivity contribution < 1.29 is 14.3 Å². The first kappa shape index (κ1) is 12.3. The van der Waals surface area contributed by atoms with Crippen LogP contribution in [-0.4, -0.2) is 11.8 Å². The van der Waals surface area contributed by atoms with Crippen molar-refractivity contribution in [1.82, 2.24) is 0 Å². The Hall–Kier alpha value is -2.42. The minimum atomic E-state index is -0.436. The number of fused-ring (bicyclic) bond motifs is 2. The lowest BCUT2D eigenvalue weighted by atomic mass is 9.78. The van der Waals surface area contributed by atoms with Gasteiger partial charge in [-0.05, 0) is 24.5 Å². The summed E-state index contributed by atoms with van der Waals surface area (Å²) in [4.78, 5) is 24.7. The molecule has 0 unspecified atom stereocenters. The molecule has 2 aromatic rings. The van der Waals surface area contributed by atoms with E-state index in [0.29, 0.717) is 5.56 Å². The van der Waals surface area contributed by atoms with Gasteiger partial charge in [-0.15, -0.1) is 0 Å². The van der Waals surface area contributed by atoms with Gasteiger partial charge in [-0.1, -0.05) is 42.5 Å². The topological polar surface area (TPSA) is 43.4 Å². The Morgan fingerprint density at radius 1 is 0.905 bits per heavy atom. The maximum atomic E-state index is 12.7. The minimum absolute atomic E-state index is 0.0892. The van der Waals surface area contributed by atoms with Gasteiger partial charge in [-0.2, -0.15) is 0 Å². The highest BCUT2D eigenvalue weighted by atomic mass is 16.5. The van der Waals surface area contributed by atoms with E-state index in [9.17, 15) is 9.59 Å². The number of cyclic esters (lactones) is 1. The molecule has 0 amide bonds. The highest BCUT2D eigenvalue weighted by Gasteiger charge is 2.41. The van der Waals surface area contributed by atoms with E-state index in [4.69, 9.17) is 4.74 Å². The second-order valence-electron chi connectivity index (χ2n) is 5.58. The molecule has 0 saturated carbocycles. The van der Waals surface area contributed by atoms with E-state index < -0.39 is 6.10 Å². The van der Waals surface area contributed by atoms with Crippen LogP contribution in [0.2, 0.25) is 0 Å². The lowest BCUT2D eigenvalue weighted by molar-refractivity contribution is 0.0222. The van der Waals surface area contributed by atoms with Crippen LogP contribution in [0.15, 0.2) is 48.5 Å². The largest absolute Gasteiger partial charge is 0.453 e. The molecule has 104 valence electrons. The van der Waals surface area contributed by atoms with Crippen LogP contribution in [0.1, 0.15) is 44.4 Å². The van der Waals surface area contributed by atoms with Crippen LogP contribution in [-0.2, 0) is 11.2 Å². The number of rotatable bonds is 1. The summed E-state index contributed by atoms with van der Waals surface area (Å²) < 4.78 is 5.50. The molecule has 0 bridgehead atoms. The molecule has 0 aromatic heterocycles. The summed E-state index contributed by atoms with van der Waals surface area (Å²) in [5.41, 5.74) is 3.31. The predicted molar refractivity (Wildman–Crippen MR) is 77.2 cm³/mol. The molecule has 4 rings (SSSR count). The SMILES string of the molecule is O=C1O[C@@H]([C@H]2CCc3ccccc3C2=O)c2ccccc21. The van der Waals surface area contributed by atoms with Crippen molar-refractivity contribution in [3.05, 3.63) is 70.8 Å². The molecule has 1 aliphatic carbocycles. The molecular formula is C18H14O3. The molecule has 0 fully saturated rings. The van der Waals surface area contributed by atoms with Crippen LogP contribution in [0.25, 0.3) is 0 Å². The zero-order chi connectivity index (χ0) is 14.4. The first-order valence-corrected chi connectivity index (χ1v) is 7.18. The van der Waals surface area contributed by atoms with Crippen LogP contribution < -0.4 is 0 Å². The second-order valence-corrected chi connectivity index (χ2v) is 5.58. The van der Waals surface area contributed by atoms with Crippen molar-refractivity contribution >= 4 is 11.8 Å². The van der Waals surface area contributed by atoms with Gasteiger partial charge in [-0.3, -0.25) is 4.79 Å². The van der Waals surface area contributed by atoms with Crippen molar-refractivity contribution in [2.45, 2.75) is 18.9 Å². The number of ether oxygens (including phenoxy) is 1. The summed E-state index contributed by atoms with van der Waals surface area (Å²) in [5, 5.41) is 0. The number of aryl methyl sites for hydroxylation is 1. The molecule has 2 aliphatic rings. The third kappa shape index (κ3) is 1.81. The molecule has 2 aromatic carbocycles. The Kier molecular flexibility index (Phi) is 2.67. The molecule has 0 N–H and O–H groups in total. The van der Waals surface area contributed by atoms with Gasteiger partial charge < -0.3 is 4.74 Å². The maximum absolute atomic E-state index is 12.7.